The maximum atomic E-state index is 13.8. The van der Waals surface area contributed by atoms with Crippen LogP contribution in [-0.2, 0) is 10.0 Å². The van der Waals surface area contributed by atoms with Crippen LogP contribution in [0.5, 0.6) is 5.75 Å². The molecule has 32 heavy (non-hydrogen) atoms. The molecular formula is C26H23NO4S. The second-order valence-electron chi connectivity index (χ2n) is 7.34. The van der Waals surface area contributed by atoms with Gasteiger partial charge in [0.2, 0.25) is 0 Å². The minimum Gasteiger partial charge on any atom is -0.494 e. The van der Waals surface area contributed by atoms with Crippen molar-refractivity contribution < 1.29 is 17.9 Å². The number of hydrogen-bond acceptors (Lipinski definition) is 4. The van der Waals surface area contributed by atoms with E-state index in [4.69, 9.17) is 4.74 Å². The average molecular weight is 446 g/mol. The highest BCUT2D eigenvalue weighted by Crippen LogP contribution is 2.30. The van der Waals surface area contributed by atoms with Gasteiger partial charge in [0, 0.05) is 5.56 Å². The van der Waals surface area contributed by atoms with E-state index in [2.05, 4.69) is 0 Å². The first kappa shape index (κ1) is 21.6. The third kappa shape index (κ3) is 4.09. The highest BCUT2D eigenvalue weighted by molar-refractivity contribution is 7.93. The summed E-state index contributed by atoms with van der Waals surface area (Å²) < 4.78 is 33.7. The molecule has 0 N–H and O–H groups in total. The number of aryl methyl sites for hydroxylation is 1. The van der Waals surface area contributed by atoms with Crippen LogP contribution in [0.1, 0.15) is 22.8 Å². The van der Waals surface area contributed by atoms with Gasteiger partial charge in [-0.15, -0.1) is 0 Å². The second-order valence-corrected chi connectivity index (χ2v) is 9.13. The fraction of sp³-hybridized carbons (Fsp3) is 0.115. The lowest BCUT2D eigenvalue weighted by atomic mass is 10.0. The predicted molar refractivity (Wildman–Crippen MR) is 127 cm³/mol. The fourth-order valence-corrected chi connectivity index (χ4v) is 4.95. The van der Waals surface area contributed by atoms with Gasteiger partial charge < -0.3 is 4.74 Å². The molecule has 0 aromatic heterocycles. The summed E-state index contributed by atoms with van der Waals surface area (Å²) in [4.78, 5) is 13.8. The van der Waals surface area contributed by atoms with E-state index < -0.39 is 15.9 Å². The first-order valence-electron chi connectivity index (χ1n) is 10.3. The largest absolute Gasteiger partial charge is 0.494 e. The Balaban J connectivity index is 1.88. The molecule has 0 radical (unpaired) electrons. The molecule has 0 spiro atoms. The van der Waals surface area contributed by atoms with Gasteiger partial charge in [0.05, 0.1) is 17.2 Å². The van der Waals surface area contributed by atoms with Crippen LogP contribution < -0.4 is 9.04 Å². The van der Waals surface area contributed by atoms with Crippen LogP contribution >= 0.6 is 0 Å². The first-order chi connectivity index (χ1) is 15.4. The van der Waals surface area contributed by atoms with E-state index >= 15 is 0 Å². The van der Waals surface area contributed by atoms with Crippen molar-refractivity contribution in [2.75, 3.05) is 10.9 Å². The van der Waals surface area contributed by atoms with E-state index in [1.807, 2.05) is 44.2 Å². The Morgan fingerprint density at radius 3 is 2.19 bits per heavy atom. The zero-order valence-corrected chi connectivity index (χ0v) is 18.7. The Kier molecular flexibility index (Phi) is 5.97. The minimum atomic E-state index is -4.17. The maximum absolute atomic E-state index is 13.8. The number of carbonyl (C=O) groups is 1. The Morgan fingerprint density at radius 1 is 0.844 bits per heavy atom. The van der Waals surface area contributed by atoms with Crippen molar-refractivity contribution in [1.29, 1.82) is 0 Å². The van der Waals surface area contributed by atoms with Gasteiger partial charge in [-0.05, 0) is 67.1 Å². The Morgan fingerprint density at radius 2 is 1.50 bits per heavy atom. The van der Waals surface area contributed by atoms with Gasteiger partial charge in [-0.2, -0.15) is 4.31 Å². The molecule has 1 amide bonds. The van der Waals surface area contributed by atoms with Gasteiger partial charge in [0.1, 0.15) is 5.75 Å². The summed E-state index contributed by atoms with van der Waals surface area (Å²) in [6.07, 6.45) is 0. The van der Waals surface area contributed by atoms with Crippen LogP contribution in [0.4, 0.5) is 5.69 Å². The quantitative estimate of drug-likeness (QED) is 0.388. The molecule has 0 aliphatic rings. The summed E-state index contributed by atoms with van der Waals surface area (Å²) >= 11 is 0. The molecule has 0 aliphatic carbocycles. The van der Waals surface area contributed by atoms with Crippen LogP contribution in [0.2, 0.25) is 0 Å². The molecule has 4 aromatic carbocycles. The molecule has 0 aliphatic heterocycles. The summed E-state index contributed by atoms with van der Waals surface area (Å²) in [5.74, 6) is -0.0203. The molecule has 6 heteroatoms. The van der Waals surface area contributed by atoms with Crippen LogP contribution in [0.3, 0.4) is 0 Å². The lowest BCUT2D eigenvalue weighted by Gasteiger charge is -2.24. The smallest absolute Gasteiger partial charge is 0.272 e. The molecule has 0 saturated carbocycles. The van der Waals surface area contributed by atoms with Gasteiger partial charge in [0.15, 0.2) is 0 Å². The summed E-state index contributed by atoms with van der Waals surface area (Å²) in [5, 5.41) is 1.55. The van der Waals surface area contributed by atoms with Crippen LogP contribution in [-0.4, -0.2) is 20.9 Å². The van der Waals surface area contributed by atoms with Crippen LogP contribution in [0.25, 0.3) is 10.8 Å². The van der Waals surface area contributed by atoms with E-state index in [0.29, 0.717) is 23.3 Å². The SMILES string of the molecule is CCOc1ccc(N(C(=O)c2cccc3ccccc23)S(=O)(=O)c2ccc(C)cc2)cc1. The Bertz CT molecular complexity index is 1360. The predicted octanol–water partition coefficient (Wildman–Crippen LogP) is 5.58. The zero-order valence-electron chi connectivity index (χ0n) is 17.9. The van der Waals surface area contributed by atoms with Crippen molar-refractivity contribution in [3.05, 3.63) is 102 Å². The van der Waals surface area contributed by atoms with E-state index in [1.54, 1.807) is 48.5 Å². The average Bonchev–Trinajstić information content (AvgIpc) is 2.80. The monoisotopic (exact) mass is 445 g/mol. The third-order valence-electron chi connectivity index (χ3n) is 5.15. The molecule has 4 rings (SSSR count). The summed E-state index contributed by atoms with van der Waals surface area (Å²) in [7, 11) is -4.17. The van der Waals surface area contributed by atoms with Gasteiger partial charge in [-0.1, -0.05) is 54.1 Å². The van der Waals surface area contributed by atoms with E-state index in [0.717, 1.165) is 15.3 Å². The van der Waals surface area contributed by atoms with Crippen molar-refractivity contribution >= 4 is 32.4 Å². The van der Waals surface area contributed by atoms with Crippen molar-refractivity contribution in [3.63, 3.8) is 0 Å². The minimum absolute atomic E-state index is 0.0468. The van der Waals surface area contributed by atoms with E-state index in [-0.39, 0.29) is 10.6 Å². The van der Waals surface area contributed by atoms with Gasteiger partial charge >= 0.3 is 0 Å². The number of carbonyl (C=O) groups excluding carboxylic acids is 1. The number of amides is 1. The van der Waals surface area contributed by atoms with Crippen molar-refractivity contribution in [2.24, 2.45) is 0 Å². The summed E-state index contributed by atoms with van der Waals surface area (Å²) in [6.45, 7) is 4.23. The van der Waals surface area contributed by atoms with E-state index in [1.165, 1.54) is 12.1 Å². The van der Waals surface area contributed by atoms with Gasteiger partial charge in [0.25, 0.3) is 15.9 Å². The number of fused-ring (bicyclic) bond motifs is 1. The molecule has 0 unspecified atom stereocenters. The van der Waals surface area contributed by atoms with E-state index in [9.17, 15) is 13.2 Å². The molecule has 0 saturated heterocycles. The molecule has 0 heterocycles. The number of anilines is 1. The lowest BCUT2D eigenvalue weighted by Crippen LogP contribution is -2.37. The van der Waals surface area contributed by atoms with Crippen molar-refractivity contribution in [1.82, 2.24) is 0 Å². The summed E-state index contributed by atoms with van der Waals surface area (Å²) in [6, 6.07) is 25.7. The molecule has 4 aromatic rings. The highest BCUT2D eigenvalue weighted by atomic mass is 32.2. The first-order valence-corrected chi connectivity index (χ1v) is 11.7. The van der Waals surface area contributed by atoms with Gasteiger partial charge in [-0.25, -0.2) is 8.42 Å². The molecular weight excluding hydrogens is 422 g/mol. The number of hydrogen-bond donors (Lipinski definition) is 0. The number of rotatable bonds is 6. The number of sulfonamides is 1. The Labute approximate surface area is 187 Å². The van der Waals surface area contributed by atoms with Crippen molar-refractivity contribution in [3.8, 4) is 5.75 Å². The van der Waals surface area contributed by atoms with Crippen LogP contribution in [0, 0.1) is 6.92 Å². The fourth-order valence-electron chi connectivity index (χ4n) is 3.55. The molecule has 5 nitrogen and oxygen atoms in total. The topological polar surface area (TPSA) is 63.7 Å². The van der Waals surface area contributed by atoms with Crippen molar-refractivity contribution in [2.45, 2.75) is 18.7 Å². The third-order valence-corrected chi connectivity index (χ3v) is 6.87. The molecule has 0 atom stereocenters. The molecule has 0 fully saturated rings. The highest BCUT2D eigenvalue weighted by Gasteiger charge is 2.32. The second kappa shape index (κ2) is 8.85. The number of benzene rings is 4. The molecule has 162 valence electrons. The lowest BCUT2D eigenvalue weighted by molar-refractivity contribution is 0.101. The van der Waals surface area contributed by atoms with Crippen LogP contribution in [0.15, 0.2) is 95.9 Å². The number of ether oxygens (including phenoxy) is 1. The molecule has 0 bridgehead atoms. The number of nitrogens with zero attached hydrogens (tertiary/aromatic N) is 1. The zero-order chi connectivity index (χ0) is 22.7. The Hall–Kier alpha value is -3.64. The normalized spacial score (nSPS) is 11.3. The van der Waals surface area contributed by atoms with Gasteiger partial charge in [-0.3, -0.25) is 4.79 Å². The maximum Gasteiger partial charge on any atom is 0.272 e. The summed E-state index contributed by atoms with van der Waals surface area (Å²) in [5.41, 5.74) is 1.48. The standard InChI is InChI=1S/C26H23NO4S/c1-3-31-22-15-13-21(14-16-22)27(32(29,30)23-17-11-19(2)12-18-23)26(28)25-10-6-8-20-7-4-5-9-24(20)25/h4-18H,3H2,1-2H3.